The average molecular weight is 951 g/mol. The molecule has 4 spiro atoms. The van der Waals surface area contributed by atoms with Crippen LogP contribution in [0.3, 0.4) is 0 Å². The van der Waals surface area contributed by atoms with Gasteiger partial charge in [0, 0.05) is 41.3 Å². The fourth-order valence-corrected chi connectivity index (χ4v) is 21.6. The van der Waals surface area contributed by atoms with Gasteiger partial charge in [-0.15, -0.1) is 0 Å². The molecule has 69 heavy (non-hydrogen) atoms. The normalized spacial score (nSPS) is 53.3. The van der Waals surface area contributed by atoms with Gasteiger partial charge in [-0.2, -0.15) is 0 Å². The number of Topliss-reactive ketones (excluding diaryl/α,β-unsaturated/α-hetero) is 1. The van der Waals surface area contributed by atoms with E-state index in [4.69, 9.17) is 23.4 Å². The number of esters is 2. The number of nitrogens with zero attached hydrogens (tertiary/aromatic N) is 1. The Labute approximate surface area is 405 Å². The molecule has 1 aromatic heterocycles. The molecule has 0 aromatic carbocycles. The zero-order chi connectivity index (χ0) is 47.6. The lowest BCUT2D eigenvalue weighted by Gasteiger charge is -2.70. The van der Waals surface area contributed by atoms with Crippen LogP contribution in [0.5, 0.6) is 0 Å². The van der Waals surface area contributed by atoms with Crippen LogP contribution in [0.2, 0.25) is 0 Å². The number of aliphatic hydroxyl groups excluding tert-OH is 3. The summed E-state index contributed by atoms with van der Waals surface area (Å²) >= 11 is 0. The molecular formula is C56H74N2O11. The Kier molecular flexibility index (Phi) is 9.29. The molecular weight excluding hydrogens is 877 g/mol. The molecule has 6 saturated carbocycles. The third-order valence-electron chi connectivity index (χ3n) is 23.6. The highest BCUT2D eigenvalue weighted by molar-refractivity contribution is 5.94. The van der Waals surface area contributed by atoms with E-state index < -0.39 is 80.7 Å². The van der Waals surface area contributed by atoms with Crippen molar-refractivity contribution in [1.29, 1.82) is 0 Å². The average Bonchev–Trinajstić information content (AvgIpc) is 3.62. The quantitative estimate of drug-likeness (QED) is 0.119. The first-order valence-corrected chi connectivity index (χ1v) is 27.3. The van der Waals surface area contributed by atoms with Crippen LogP contribution in [0.15, 0.2) is 40.7 Å². The predicted molar refractivity (Wildman–Crippen MR) is 248 cm³/mol. The first-order chi connectivity index (χ1) is 33.1. The summed E-state index contributed by atoms with van der Waals surface area (Å²) in [5.41, 5.74) is -5.14. The van der Waals surface area contributed by atoms with Gasteiger partial charge in [-0.05, 0) is 135 Å². The van der Waals surface area contributed by atoms with Crippen LogP contribution < -0.4 is 5.32 Å². The first kappa shape index (κ1) is 44.6. The topological polar surface area (TPSA) is 181 Å². The van der Waals surface area contributed by atoms with Gasteiger partial charge in [0.05, 0.1) is 48.5 Å². The fraction of sp³-hybridized carbons (Fsp3) is 0.804. The monoisotopic (exact) mass is 951 g/mol. The second kappa shape index (κ2) is 14.4. The fourth-order valence-electron chi connectivity index (χ4n) is 21.6. The number of carbonyl (C=O) groups is 3. The first-order valence-electron chi connectivity index (χ1n) is 27.3. The van der Waals surface area contributed by atoms with Crippen molar-refractivity contribution in [2.24, 2.45) is 86.8 Å². The van der Waals surface area contributed by atoms with Gasteiger partial charge in [-0.25, -0.2) is 4.79 Å². The molecule has 13 heteroatoms. The number of furan rings is 1. The molecule has 4 N–H and O–H groups in total. The van der Waals surface area contributed by atoms with Crippen molar-refractivity contribution < 1.29 is 53.1 Å². The summed E-state index contributed by atoms with van der Waals surface area (Å²) in [6.07, 6.45) is 15.6. The molecule has 7 aliphatic heterocycles. The Morgan fingerprint density at radius 1 is 1.04 bits per heavy atom. The van der Waals surface area contributed by atoms with Crippen LogP contribution in [0.25, 0.3) is 0 Å². The molecule has 23 atom stereocenters. The summed E-state index contributed by atoms with van der Waals surface area (Å²) in [4.78, 5) is 48.4. The molecule has 1 aromatic rings. The van der Waals surface area contributed by atoms with E-state index in [2.05, 4.69) is 56.3 Å². The van der Waals surface area contributed by atoms with Gasteiger partial charge in [0.15, 0.2) is 11.9 Å². The Balaban J connectivity index is 0.894. The molecule has 6 aliphatic carbocycles. The molecule has 374 valence electrons. The molecule has 13 nitrogen and oxygen atoms in total. The molecule has 0 radical (unpaired) electrons. The van der Waals surface area contributed by atoms with Gasteiger partial charge in [0.2, 0.25) is 0 Å². The Morgan fingerprint density at radius 2 is 1.88 bits per heavy atom. The zero-order valence-electron chi connectivity index (χ0n) is 41.2. The number of hydrogen-bond donors (Lipinski definition) is 4. The van der Waals surface area contributed by atoms with Gasteiger partial charge < -0.3 is 43.6 Å². The maximum absolute atomic E-state index is 16.1. The van der Waals surface area contributed by atoms with Crippen LogP contribution in [0.1, 0.15) is 129 Å². The number of nitrogens with one attached hydrogen (secondary N) is 1. The number of aliphatic hydroxyl groups is 3. The number of epoxide rings is 1. The van der Waals surface area contributed by atoms with Gasteiger partial charge in [0.25, 0.3) is 0 Å². The molecule has 0 amide bonds. The lowest BCUT2D eigenvalue weighted by molar-refractivity contribution is -0.280. The summed E-state index contributed by atoms with van der Waals surface area (Å²) in [5, 5.41) is 39.2. The lowest BCUT2D eigenvalue weighted by Crippen LogP contribution is -2.80. The summed E-state index contributed by atoms with van der Waals surface area (Å²) in [6.45, 7) is 12.4. The maximum Gasteiger partial charge on any atom is 0.339 e. The van der Waals surface area contributed by atoms with Crippen molar-refractivity contribution in [1.82, 2.24) is 10.2 Å². The van der Waals surface area contributed by atoms with E-state index in [1.807, 2.05) is 13.0 Å². The minimum atomic E-state index is -1.49. The van der Waals surface area contributed by atoms with E-state index in [9.17, 15) is 20.1 Å². The summed E-state index contributed by atoms with van der Waals surface area (Å²) in [6, 6.07) is 2.38. The number of allylic oxidation sites excluding steroid dienone is 1. The van der Waals surface area contributed by atoms with Crippen molar-refractivity contribution in [2.45, 2.75) is 165 Å². The third-order valence-corrected chi connectivity index (χ3v) is 23.6. The Bertz CT molecular complexity index is 2450. The predicted octanol–water partition coefficient (Wildman–Crippen LogP) is 6.19. The number of hydrogen-bond acceptors (Lipinski definition) is 13. The molecule has 5 bridgehead atoms. The van der Waals surface area contributed by atoms with Gasteiger partial charge in [-0.3, -0.25) is 14.9 Å². The number of ketones is 1. The smallest absolute Gasteiger partial charge is 0.339 e. The number of carbonyl (C=O) groups excluding carboxylic acids is 3. The van der Waals surface area contributed by atoms with E-state index in [0.29, 0.717) is 48.0 Å². The highest BCUT2D eigenvalue weighted by Gasteiger charge is 2.97. The van der Waals surface area contributed by atoms with Crippen molar-refractivity contribution in [3.05, 3.63) is 47.6 Å². The molecule has 5 saturated heterocycles. The molecule has 11 fully saturated rings. The highest BCUT2D eigenvalue weighted by Crippen LogP contribution is 2.88. The van der Waals surface area contributed by atoms with E-state index in [0.717, 1.165) is 83.8 Å². The molecule has 23 unspecified atom stereocenters. The largest absolute Gasteiger partial charge is 0.469 e. The van der Waals surface area contributed by atoms with Crippen molar-refractivity contribution in [2.75, 3.05) is 26.4 Å². The Morgan fingerprint density at radius 3 is 2.70 bits per heavy atom. The van der Waals surface area contributed by atoms with Crippen LogP contribution in [-0.2, 0) is 39.8 Å². The standard InChI is InChI=1S/C56H74N2O11/c1-6-8-28(2)17-33-20-34-19-32-9-7-14-53(32)23-31-22-50(3)46(36-13-16-65-40(36)21-37(39(60)25-59)29-10-11-35-30(18-29)12-15-58-27-57-24-38(35)58)67-49(64)47-56(50,68-47)51(4)42(31)54-26-66-48(63)44(53)55(34,54)69-52(33,5)43(54)41(61)45(51)62/h12-13,15-16,20,28-33,35,37-39,42-47,57,59-60,62H,6-11,14,17-19,21-27H2,1-5H3. The number of ether oxygens (including phenoxy) is 4. The third kappa shape index (κ3) is 4.99. The van der Waals surface area contributed by atoms with Gasteiger partial charge in [-0.1, -0.05) is 59.1 Å². The second-order valence-electron chi connectivity index (χ2n) is 26.0. The zero-order valence-corrected chi connectivity index (χ0v) is 41.2. The summed E-state index contributed by atoms with van der Waals surface area (Å²) < 4.78 is 34.8. The number of rotatable bonds is 10. The summed E-state index contributed by atoms with van der Waals surface area (Å²) in [7, 11) is 0. The minimum absolute atomic E-state index is 0.0350. The van der Waals surface area contributed by atoms with Crippen LogP contribution in [0.4, 0.5) is 0 Å². The SMILES string of the molecule is CCCC(C)CC1C=C2CC3CCCC34CC3CC5(C)C(c6ccoc6CC(C(O)CO)C6CCC7C(C=CN8CNCC78)C6)OC(=O)C6OC65C5(C)C(O)C(=O)C6C1(C)OC21C4C(=O)OCC61C35. The Hall–Kier alpha value is -3.07. The van der Waals surface area contributed by atoms with E-state index in [-0.39, 0.29) is 60.5 Å². The summed E-state index contributed by atoms with van der Waals surface area (Å²) in [5.74, 6) is -0.907. The van der Waals surface area contributed by atoms with E-state index in [1.165, 1.54) is 5.57 Å². The number of fused-ring (bicyclic) bond motifs is 5. The molecule has 13 aliphatic rings. The van der Waals surface area contributed by atoms with E-state index in [1.54, 1.807) is 6.26 Å². The number of cyclic esters (lactones) is 2. The van der Waals surface area contributed by atoms with Gasteiger partial charge >= 0.3 is 11.9 Å². The van der Waals surface area contributed by atoms with Crippen molar-refractivity contribution >= 4 is 17.7 Å². The van der Waals surface area contributed by atoms with E-state index >= 15 is 9.59 Å². The van der Waals surface area contributed by atoms with Crippen LogP contribution >= 0.6 is 0 Å². The van der Waals surface area contributed by atoms with Crippen LogP contribution in [0, 0.1) is 86.8 Å². The van der Waals surface area contributed by atoms with Crippen LogP contribution in [-0.4, -0.2) is 106 Å². The van der Waals surface area contributed by atoms with Crippen molar-refractivity contribution in [3.8, 4) is 0 Å². The maximum atomic E-state index is 16.1. The lowest BCUT2D eigenvalue weighted by atomic mass is 9.33. The van der Waals surface area contributed by atoms with Crippen molar-refractivity contribution in [3.63, 3.8) is 0 Å². The van der Waals surface area contributed by atoms with Gasteiger partial charge in [0.1, 0.15) is 35.8 Å². The second-order valence-corrected chi connectivity index (χ2v) is 26.0. The molecule has 8 heterocycles. The molecule has 14 rings (SSSR count). The highest BCUT2D eigenvalue weighted by atomic mass is 16.7. The minimum Gasteiger partial charge on any atom is -0.469 e.